The third-order valence-electron chi connectivity index (χ3n) is 5.71. The van der Waals surface area contributed by atoms with Crippen molar-refractivity contribution in [3.63, 3.8) is 0 Å². The minimum absolute atomic E-state index is 0.603. The Hall–Kier alpha value is -3.22. The molecule has 0 atom stereocenters. The predicted molar refractivity (Wildman–Crippen MR) is 134 cm³/mol. The third kappa shape index (κ3) is 6.88. The molecule has 6 nitrogen and oxygen atoms in total. The van der Waals surface area contributed by atoms with Crippen LogP contribution in [0.3, 0.4) is 0 Å². The van der Waals surface area contributed by atoms with E-state index in [-0.39, 0.29) is 0 Å². The number of guanidine groups is 1. The molecule has 172 valence electrons. The lowest BCUT2D eigenvalue weighted by atomic mass is 10.1. The standard InChI is InChI=1S/C27H33N5O/c1-2-28-27(30-19-22-8-7-11-23(18-22)26-12-5-6-13-29-26)31-20-24-9-3-4-10-25(24)21-32-14-16-33-17-15-32/h3-13,18H,2,14-17,19-21H2,1H3,(H2,28,30,31). The van der Waals surface area contributed by atoms with Gasteiger partial charge >= 0.3 is 0 Å². The highest BCUT2D eigenvalue weighted by molar-refractivity contribution is 5.79. The maximum Gasteiger partial charge on any atom is 0.191 e. The van der Waals surface area contributed by atoms with Gasteiger partial charge in [0.2, 0.25) is 0 Å². The van der Waals surface area contributed by atoms with Gasteiger partial charge in [-0.1, -0.05) is 48.5 Å². The molecule has 1 aromatic heterocycles. The lowest BCUT2D eigenvalue weighted by molar-refractivity contribution is 0.0341. The number of nitrogens with one attached hydrogen (secondary N) is 2. The molecule has 1 aliphatic rings. The summed E-state index contributed by atoms with van der Waals surface area (Å²) in [6, 6.07) is 23.0. The van der Waals surface area contributed by atoms with Crippen molar-refractivity contribution in [1.82, 2.24) is 20.5 Å². The molecule has 4 rings (SSSR count). The number of hydrogen-bond donors (Lipinski definition) is 2. The predicted octanol–water partition coefficient (Wildman–Crippen LogP) is 3.84. The Kier molecular flexibility index (Phi) is 8.44. The molecule has 2 N–H and O–H groups in total. The number of ether oxygens (including phenoxy) is 1. The van der Waals surface area contributed by atoms with Crippen LogP contribution in [0.4, 0.5) is 0 Å². The smallest absolute Gasteiger partial charge is 0.191 e. The van der Waals surface area contributed by atoms with Crippen LogP contribution >= 0.6 is 0 Å². The van der Waals surface area contributed by atoms with Gasteiger partial charge < -0.3 is 15.4 Å². The van der Waals surface area contributed by atoms with Crippen molar-refractivity contribution in [2.75, 3.05) is 32.8 Å². The summed E-state index contributed by atoms with van der Waals surface area (Å²) in [4.78, 5) is 11.7. The van der Waals surface area contributed by atoms with E-state index in [1.54, 1.807) is 0 Å². The largest absolute Gasteiger partial charge is 0.379 e. The van der Waals surface area contributed by atoms with Crippen LogP contribution in [0.5, 0.6) is 0 Å². The summed E-state index contributed by atoms with van der Waals surface area (Å²) >= 11 is 0. The highest BCUT2D eigenvalue weighted by Crippen LogP contribution is 2.18. The number of aromatic nitrogens is 1. The van der Waals surface area contributed by atoms with Crippen molar-refractivity contribution in [3.05, 3.63) is 89.6 Å². The Morgan fingerprint density at radius 3 is 2.58 bits per heavy atom. The summed E-state index contributed by atoms with van der Waals surface area (Å²) in [5, 5.41) is 6.88. The van der Waals surface area contributed by atoms with Crippen LogP contribution in [0.1, 0.15) is 23.6 Å². The molecule has 0 radical (unpaired) electrons. The molecular formula is C27H33N5O. The summed E-state index contributed by atoms with van der Waals surface area (Å²) in [6.45, 7) is 8.81. The van der Waals surface area contributed by atoms with E-state index in [0.717, 1.165) is 68.7 Å². The first kappa shape index (κ1) is 23.0. The molecule has 1 aliphatic heterocycles. The second-order valence-electron chi connectivity index (χ2n) is 8.12. The van der Waals surface area contributed by atoms with Gasteiger partial charge in [0.05, 0.1) is 25.5 Å². The third-order valence-corrected chi connectivity index (χ3v) is 5.71. The van der Waals surface area contributed by atoms with E-state index in [0.29, 0.717) is 6.54 Å². The van der Waals surface area contributed by atoms with E-state index in [2.05, 4.69) is 76.0 Å². The van der Waals surface area contributed by atoms with Crippen LogP contribution in [0.25, 0.3) is 11.3 Å². The summed E-state index contributed by atoms with van der Waals surface area (Å²) in [5.41, 5.74) is 5.89. The molecular weight excluding hydrogens is 410 g/mol. The van der Waals surface area contributed by atoms with E-state index >= 15 is 0 Å². The van der Waals surface area contributed by atoms with Gasteiger partial charge in [0.25, 0.3) is 0 Å². The van der Waals surface area contributed by atoms with E-state index in [1.807, 2.05) is 24.4 Å². The fraction of sp³-hybridized carbons (Fsp3) is 0.333. The summed E-state index contributed by atoms with van der Waals surface area (Å²) in [7, 11) is 0. The molecule has 1 saturated heterocycles. The van der Waals surface area contributed by atoms with Gasteiger partial charge in [-0.15, -0.1) is 0 Å². The zero-order valence-electron chi connectivity index (χ0n) is 19.3. The molecule has 0 saturated carbocycles. The highest BCUT2D eigenvalue weighted by Gasteiger charge is 2.13. The molecule has 3 aromatic rings. The number of morpholine rings is 1. The minimum atomic E-state index is 0.603. The maximum absolute atomic E-state index is 5.49. The highest BCUT2D eigenvalue weighted by atomic mass is 16.5. The van der Waals surface area contributed by atoms with Gasteiger partial charge in [-0.05, 0) is 41.8 Å². The van der Waals surface area contributed by atoms with Crippen LogP contribution in [0, 0.1) is 0 Å². The Labute approximate surface area is 196 Å². The molecule has 2 heterocycles. The summed E-state index contributed by atoms with van der Waals surface area (Å²) in [6.07, 6.45) is 1.82. The van der Waals surface area contributed by atoms with Crippen molar-refractivity contribution < 1.29 is 4.74 Å². The Morgan fingerprint density at radius 1 is 0.970 bits per heavy atom. The summed E-state index contributed by atoms with van der Waals surface area (Å²) < 4.78 is 5.49. The molecule has 0 amide bonds. The van der Waals surface area contributed by atoms with Gasteiger partial charge in [0.15, 0.2) is 5.96 Å². The minimum Gasteiger partial charge on any atom is -0.379 e. The van der Waals surface area contributed by atoms with Crippen molar-refractivity contribution in [2.24, 2.45) is 4.99 Å². The number of rotatable bonds is 8. The fourth-order valence-electron chi connectivity index (χ4n) is 3.94. The first-order valence-electron chi connectivity index (χ1n) is 11.7. The Morgan fingerprint density at radius 2 is 1.79 bits per heavy atom. The number of hydrogen-bond acceptors (Lipinski definition) is 4. The van der Waals surface area contributed by atoms with Crippen molar-refractivity contribution in [1.29, 1.82) is 0 Å². The first-order chi connectivity index (χ1) is 16.3. The van der Waals surface area contributed by atoms with E-state index in [9.17, 15) is 0 Å². The average molecular weight is 444 g/mol. The second kappa shape index (κ2) is 12.1. The van der Waals surface area contributed by atoms with Gasteiger partial charge in [0.1, 0.15) is 0 Å². The van der Waals surface area contributed by atoms with Crippen molar-refractivity contribution >= 4 is 5.96 Å². The normalized spacial score (nSPS) is 14.8. The first-order valence-corrected chi connectivity index (χ1v) is 11.7. The molecule has 0 bridgehead atoms. The van der Waals surface area contributed by atoms with Crippen molar-refractivity contribution in [3.8, 4) is 11.3 Å². The summed E-state index contributed by atoms with van der Waals surface area (Å²) in [5.74, 6) is 0.821. The Bertz CT molecular complexity index is 1030. The zero-order valence-corrected chi connectivity index (χ0v) is 19.3. The lowest BCUT2D eigenvalue weighted by Crippen LogP contribution is -2.38. The van der Waals surface area contributed by atoms with Gasteiger partial charge in [0, 0.05) is 44.5 Å². The molecule has 0 spiro atoms. The number of pyridine rings is 1. The number of nitrogens with zero attached hydrogens (tertiary/aromatic N) is 3. The van der Waals surface area contributed by atoms with E-state index in [4.69, 9.17) is 9.73 Å². The molecule has 2 aromatic carbocycles. The second-order valence-corrected chi connectivity index (χ2v) is 8.12. The van der Waals surface area contributed by atoms with Gasteiger partial charge in [-0.25, -0.2) is 4.99 Å². The number of aliphatic imine (C=N–C) groups is 1. The maximum atomic E-state index is 5.49. The van der Waals surface area contributed by atoms with Crippen LogP contribution in [0.2, 0.25) is 0 Å². The number of benzene rings is 2. The van der Waals surface area contributed by atoms with Gasteiger partial charge in [-0.3, -0.25) is 9.88 Å². The van der Waals surface area contributed by atoms with Crippen LogP contribution < -0.4 is 10.6 Å². The molecule has 1 fully saturated rings. The van der Waals surface area contributed by atoms with Gasteiger partial charge in [-0.2, -0.15) is 0 Å². The van der Waals surface area contributed by atoms with E-state index in [1.165, 1.54) is 11.1 Å². The molecule has 33 heavy (non-hydrogen) atoms. The fourth-order valence-corrected chi connectivity index (χ4v) is 3.94. The lowest BCUT2D eigenvalue weighted by Gasteiger charge is -2.27. The average Bonchev–Trinajstić information content (AvgIpc) is 2.88. The van der Waals surface area contributed by atoms with Crippen LogP contribution in [0.15, 0.2) is 77.9 Å². The molecule has 0 unspecified atom stereocenters. The Balaban J connectivity index is 1.40. The van der Waals surface area contributed by atoms with Crippen molar-refractivity contribution in [2.45, 2.75) is 26.6 Å². The molecule has 0 aliphatic carbocycles. The quantitative estimate of drug-likeness (QED) is 0.409. The van der Waals surface area contributed by atoms with Crippen LogP contribution in [-0.4, -0.2) is 48.7 Å². The zero-order chi connectivity index (χ0) is 22.7. The van der Waals surface area contributed by atoms with Crippen LogP contribution in [-0.2, 0) is 24.4 Å². The monoisotopic (exact) mass is 443 g/mol. The topological polar surface area (TPSA) is 61.8 Å². The molecule has 6 heteroatoms. The van der Waals surface area contributed by atoms with E-state index < -0.39 is 0 Å². The SMILES string of the molecule is CCNC(=NCc1cccc(-c2ccccn2)c1)NCc1ccccc1CN1CCOCC1.